The molecule has 2 atom stereocenters. The first-order valence-electron chi connectivity index (χ1n) is 14.9. The number of rotatable bonds is 6. The summed E-state index contributed by atoms with van der Waals surface area (Å²) >= 11 is 0. The second-order valence-electron chi connectivity index (χ2n) is 11.3. The summed E-state index contributed by atoms with van der Waals surface area (Å²) < 4.78 is 0. The Balaban J connectivity index is 0.000000198. The molecule has 6 heteroatoms. The van der Waals surface area contributed by atoms with E-state index in [1.807, 2.05) is 60.8 Å². The SMILES string of the molecule is CC(O)CC(C)O.CCC(C)(C)N1[CH-]N(c2[c-]cccc2)c2ccccc21.[Ir+3].[c-]1ccccc1-c1nccc2ccccc12. The molecule has 6 rings (SSSR count). The number of aromatic nitrogens is 1. The van der Waals surface area contributed by atoms with Gasteiger partial charge in [0.1, 0.15) is 0 Å². The third kappa shape index (κ3) is 8.99. The average Bonchev–Trinajstić information content (AvgIpc) is 3.42. The predicted molar refractivity (Wildman–Crippen MR) is 179 cm³/mol. The molecule has 0 fully saturated rings. The first-order chi connectivity index (χ1) is 20.7. The van der Waals surface area contributed by atoms with Gasteiger partial charge in [-0.1, -0.05) is 43.3 Å². The van der Waals surface area contributed by atoms with Crippen molar-refractivity contribution < 1.29 is 30.3 Å². The first kappa shape index (κ1) is 34.9. The maximum Gasteiger partial charge on any atom is 3.00 e. The van der Waals surface area contributed by atoms with Gasteiger partial charge in [0.05, 0.1) is 12.2 Å². The van der Waals surface area contributed by atoms with E-state index >= 15 is 0 Å². The van der Waals surface area contributed by atoms with Crippen molar-refractivity contribution in [3.63, 3.8) is 0 Å². The van der Waals surface area contributed by atoms with Crippen molar-refractivity contribution in [1.29, 1.82) is 0 Å². The summed E-state index contributed by atoms with van der Waals surface area (Å²) in [4.78, 5) is 9.03. The molecule has 0 saturated carbocycles. The minimum Gasteiger partial charge on any atom is -0.497 e. The van der Waals surface area contributed by atoms with Gasteiger partial charge in [-0.05, 0) is 75.2 Å². The zero-order chi connectivity index (χ0) is 30.8. The maximum absolute atomic E-state index is 8.56. The van der Waals surface area contributed by atoms with Crippen molar-refractivity contribution in [2.45, 2.75) is 65.2 Å². The van der Waals surface area contributed by atoms with Crippen molar-refractivity contribution in [2.75, 3.05) is 9.80 Å². The molecular weight excluding hydrogens is 723 g/mol. The molecule has 5 nitrogen and oxygen atoms in total. The molecule has 1 aliphatic rings. The van der Waals surface area contributed by atoms with Gasteiger partial charge >= 0.3 is 20.1 Å². The van der Waals surface area contributed by atoms with E-state index in [-0.39, 0.29) is 37.9 Å². The third-order valence-electron chi connectivity index (χ3n) is 7.42. The van der Waals surface area contributed by atoms with Gasteiger partial charge in [0, 0.05) is 23.1 Å². The van der Waals surface area contributed by atoms with Gasteiger partial charge < -0.3 is 25.0 Å². The minimum atomic E-state index is -0.375. The van der Waals surface area contributed by atoms with Crippen LogP contribution < -0.4 is 9.80 Å². The van der Waals surface area contributed by atoms with Gasteiger partial charge in [0.15, 0.2) is 0 Å². The topological polar surface area (TPSA) is 59.8 Å². The fourth-order valence-electron chi connectivity index (χ4n) is 4.86. The molecule has 0 radical (unpaired) electrons. The van der Waals surface area contributed by atoms with Crippen LogP contribution in [0.4, 0.5) is 17.1 Å². The summed E-state index contributed by atoms with van der Waals surface area (Å²) in [5.74, 6) is 0. The molecule has 5 aromatic rings. The van der Waals surface area contributed by atoms with Gasteiger partial charge in [-0.15, -0.1) is 41.6 Å². The number of nitrogens with zero attached hydrogens (tertiary/aromatic N) is 3. The van der Waals surface area contributed by atoms with Crippen LogP contribution in [0.15, 0.2) is 109 Å². The molecule has 1 aliphatic heterocycles. The zero-order valence-electron chi connectivity index (χ0n) is 26.1. The van der Waals surface area contributed by atoms with Crippen molar-refractivity contribution in [3.8, 4) is 11.3 Å². The van der Waals surface area contributed by atoms with Crippen LogP contribution in [0.2, 0.25) is 0 Å². The Morgan fingerprint density at radius 3 is 2.00 bits per heavy atom. The monoisotopic (exact) mass is 765 g/mol. The van der Waals surface area contributed by atoms with E-state index in [0.29, 0.717) is 6.42 Å². The van der Waals surface area contributed by atoms with Crippen LogP contribution in [0.5, 0.6) is 0 Å². The van der Waals surface area contributed by atoms with Gasteiger partial charge in [-0.25, -0.2) is 0 Å². The molecule has 1 aromatic heterocycles. The second-order valence-corrected chi connectivity index (χ2v) is 11.3. The molecule has 230 valence electrons. The fourth-order valence-corrected chi connectivity index (χ4v) is 4.86. The summed E-state index contributed by atoms with van der Waals surface area (Å²) in [5.41, 5.74) is 5.69. The van der Waals surface area contributed by atoms with Gasteiger partial charge in [-0.3, -0.25) is 0 Å². The summed E-state index contributed by atoms with van der Waals surface area (Å²) in [6.45, 7) is 12.3. The Bertz CT molecular complexity index is 1550. The molecule has 2 N–H and O–H groups in total. The largest absolute Gasteiger partial charge is 3.00 e. The number of aliphatic hydroxyl groups is 2. The van der Waals surface area contributed by atoms with Crippen molar-refractivity contribution in [2.24, 2.45) is 0 Å². The number of anilines is 3. The molecule has 0 spiro atoms. The summed E-state index contributed by atoms with van der Waals surface area (Å²) in [6.07, 6.45) is 2.66. The number of aliphatic hydroxyl groups excluding tert-OH is 2. The second kappa shape index (κ2) is 16.5. The van der Waals surface area contributed by atoms with Gasteiger partial charge in [-0.2, -0.15) is 37.0 Å². The summed E-state index contributed by atoms with van der Waals surface area (Å²) in [5, 5.41) is 19.5. The van der Waals surface area contributed by atoms with E-state index < -0.39 is 0 Å². The van der Waals surface area contributed by atoms with Crippen molar-refractivity contribution >= 4 is 27.8 Å². The van der Waals surface area contributed by atoms with E-state index in [1.165, 1.54) is 22.1 Å². The Labute approximate surface area is 276 Å². The maximum atomic E-state index is 8.56. The minimum absolute atomic E-state index is 0. The number of benzene rings is 4. The molecule has 4 aromatic carbocycles. The van der Waals surface area contributed by atoms with Crippen LogP contribution in [0.25, 0.3) is 22.0 Å². The Kier molecular flexibility index (Phi) is 13.1. The number of fused-ring (bicyclic) bond motifs is 2. The first-order valence-corrected chi connectivity index (χ1v) is 14.9. The number of pyridine rings is 1. The van der Waals surface area contributed by atoms with Crippen LogP contribution in [-0.4, -0.2) is 32.9 Å². The Morgan fingerprint density at radius 1 is 0.795 bits per heavy atom. The van der Waals surface area contributed by atoms with Crippen molar-refractivity contribution in [1.82, 2.24) is 4.98 Å². The summed E-state index contributed by atoms with van der Waals surface area (Å²) in [6, 6.07) is 41.4. The number of hydrogen-bond donors (Lipinski definition) is 2. The molecule has 0 amide bonds. The van der Waals surface area contributed by atoms with Crippen LogP contribution in [0.1, 0.15) is 47.5 Å². The molecule has 2 unspecified atom stereocenters. The van der Waals surface area contributed by atoms with Crippen molar-refractivity contribution in [3.05, 3.63) is 128 Å². The van der Waals surface area contributed by atoms with Gasteiger partial charge in [0.25, 0.3) is 0 Å². The van der Waals surface area contributed by atoms with E-state index in [0.717, 1.165) is 23.4 Å². The quantitative estimate of drug-likeness (QED) is 0.170. The molecule has 44 heavy (non-hydrogen) atoms. The van der Waals surface area contributed by atoms with E-state index in [4.69, 9.17) is 10.2 Å². The molecule has 0 aliphatic carbocycles. The van der Waals surface area contributed by atoms with Crippen LogP contribution in [0, 0.1) is 18.8 Å². The molecule has 2 heterocycles. The smallest absolute Gasteiger partial charge is 0.497 e. The fraction of sp³-hybridized carbons (Fsp3) is 0.263. The third-order valence-corrected chi connectivity index (χ3v) is 7.42. The molecule has 0 saturated heterocycles. The molecular formula is C38H42IrN3O2. The van der Waals surface area contributed by atoms with Gasteiger partial charge in [0.2, 0.25) is 0 Å². The Morgan fingerprint density at radius 2 is 1.41 bits per heavy atom. The number of para-hydroxylation sites is 3. The predicted octanol–water partition coefficient (Wildman–Crippen LogP) is 8.59. The number of hydrogen-bond acceptors (Lipinski definition) is 5. The zero-order valence-corrected chi connectivity index (χ0v) is 28.5. The van der Waals surface area contributed by atoms with Crippen LogP contribution >= 0.6 is 0 Å². The van der Waals surface area contributed by atoms with Crippen LogP contribution in [-0.2, 0) is 20.1 Å². The average molecular weight is 765 g/mol. The summed E-state index contributed by atoms with van der Waals surface area (Å²) in [7, 11) is 0. The van der Waals surface area contributed by atoms with Crippen LogP contribution in [0.3, 0.4) is 0 Å². The van der Waals surface area contributed by atoms with E-state index in [2.05, 4.69) is 103 Å². The Hall–Kier alpha value is -3.54. The molecule has 0 bridgehead atoms. The normalized spacial score (nSPS) is 13.4. The standard InChI is InChI=1S/C18H20N2.C15H10N.C5H12O2.Ir/c1-4-18(2,3)20-14-19(15-10-6-5-7-11-15)16-12-8-9-13-17(16)20;1-2-7-13(8-3-1)15-14-9-5-4-6-12(14)10-11-16-15;1-4(6)3-5(2)7;/h5-10,12-14H,4H2,1-3H3;1-7,9-11H;4-7H,3H2,1-2H3;/q-2;-1;;+3. The van der Waals surface area contributed by atoms with E-state index in [9.17, 15) is 0 Å². The van der Waals surface area contributed by atoms with E-state index in [1.54, 1.807) is 13.8 Å².